The van der Waals surface area contributed by atoms with Gasteiger partial charge in [-0.15, -0.1) is 11.3 Å². The van der Waals surface area contributed by atoms with Crippen molar-refractivity contribution < 1.29 is 4.39 Å². The number of nitrogens with one attached hydrogen (secondary N) is 1. The fraction of sp³-hybridized carbons (Fsp3) is 0.471. The number of anilines is 1. The highest BCUT2D eigenvalue weighted by molar-refractivity contribution is 7.11. The SMILES string of the molecule is CCc1nc(C)c(CN[C@@H]2CCN(c3ccc(F)cc3)C2)s1. The number of aryl methyl sites for hydroxylation is 2. The minimum atomic E-state index is -0.176. The Hall–Kier alpha value is -1.46. The van der Waals surface area contributed by atoms with Gasteiger partial charge in [-0.05, 0) is 44.0 Å². The fourth-order valence-electron chi connectivity index (χ4n) is 2.85. The van der Waals surface area contributed by atoms with Crippen LogP contribution >= 0.6 is 11.3 Å². The smallest absolute Gasteiger partial charge is 0.123 e. The molecule has 0 spiro atoms. The summed E-state index contributed by atoms with van der Waals surface area (Å²) in [5, 5.41) is 4.86. The van der Waals surface area contributed by atoms with Crippen molar-refractivity contribution in [1.29, 1.82) is 0 Å². The van der Waals surface area contributed by atoms with Gasteiger partial charge < -0.3 is 10.2 Å². The van der Waals surface area contributed by atoms with Gasteiger partial charge in [-0.3, -0.25) is 0 Å². The predicted molar refractivity (Wildman–Crippen MR) is 90.1 cm³/mol. The van der Waals surface area contributed by atoms with Crippen LogP contribution in [0.5, 0.6) is 0 Å². The van der Waals surface area contributed by atoms with Crippen LogP contribution in [-0.2, 0) is 13.0 Å². The molecule has 22 heavy (non-hydrogen) atoms. The zero-order chi connectivity index (χ0) is 15.5. The maximum absolute atomic E-state index is 13.0. The molecule has 0 unspecified atom stereocenters. The van der Waals surface area contributed by atoms with Crippen LogP contribution in [0.2, 0.25) is 0 Å². The number of aromatic nitrogens is 1. The zero-order valence-corrected chi connectivity index (χ0v) is 13.9. The second kappa shape index (κ2) is 6.75. The van der Waals surface area contributed by atoms with Crippen LogP contribution in [0, 0.1) is 12.7 Å². The molecule has 1 aliphatic rings. The van der Waals surface area contributed by atoms with Crippen molar-refractivity contribution in [3.05, 3.63) is 45.7 Å². The maximum Gasteiger partial charge on any atom is 0.123 e. The van der Waals surface area contributed by atoms with E-state index in [2.05, 4.69) is 29.0 Å². The Morgan fingerprint density at radius 3 is 2.82 bits per heavy atom. The number of hydrogen-bond acceptors (Lipinski definition) is 4. The van der Waals surface area contributed by atoms with Gasteiger partial charge in [-0.25, -0.2) is 9.37 Å². The molecular weight excluding hydrogens is 297 g/mol. The molecule has 0 bridgehead atoms. The van der Waals surface area contributed by atoms with Gasteiger partial charge >= 0.3 is 0 Å². The fourth-order valence-corrected chi connectivity index (χ4v) is 3.81. The van der Waals surface area contributed by atoms with Crippen molar-refractivity contribution in [2.24, 2.45) is 0 Å². The molecule has 3 nitrogen and oxygen atoms in total. The van der Waals surface area contributed by atoms with Crippen LogP contribution in [0.4, 0.5) is 10.1 Å². The normalized spacial score (nSPS) is 18.1. The van der Waals surface area contributed by atoms with E-state index < -0.39 is 0 Å². The lowest BCUT2D eigenvalue weighted by atomic mass is 10.2. The molecular formula is C17H22FN3S. The molecule has 0 amide bonds. The Morgan fingerprint density at radius 2 is 2.14 bits per heavy atom. The third-order valence-electron chi connectivity index (χ3n) is 4.17. The molecule has 0 aliphatic carbocycles. The third kappa shape index (κ3) is 3.47. The highest BCUT2D eigenvalue weighted by atomic mass is 32.1. The molecule has 1 fully saturated rings. The summed E-state index contributed by atoms with van der Waals surface area (Å²) in [6.45, 7) is 7.12. The Bertz CT molecular complexity index is 623. The zero-order valence-electron chi connectivity index (χ0n) is 13.1. The van der Waals surface area contributed by atoms with Gasteiger partial charge in [0.25, 0.3) is 0 Å². The first-order valence-corrected chi connectivity index (χ1v) is 8.66. The summed E-state index contributed by atoms with van der Waals surface area (Å²) in [7, 11) is 0. The van der Waals surface area contributed by atoms with Gasteiger partial charge in [-0.2, -0.15) is 0 Å². The molecule has 3 rings (SSSR count). The average Bonchev–Trinajstić information content (AvgIpc) is 3.12. The van der Waals surface area contributed by atoms with Crippen LogP contribution in [0.3, 0.4) is 0 Å². The van der Waals surface area contributed by atoms with Crippen molar-refractivity contribution in [2.75, 3.05) is 18.0 Å². The van der Waals surface area contributed by atoms with Gasteiger partial charge in [0.05, 0.1) is 10.7 Å². The molecule has 1 aromatic heterocycles. The summed E-state index contributed by atoms with van der Waals surface area (Å²) in [5.74, 6) is -0.176. The lowest BCUT2D eigenvalue weighted by Gasteiger charge is -2.19. The standard InChI is InChI=1S/C17H22FN3S/c1-3-17-20-12(2)16(22-17)10-19-14-8-9-21(11-14)15-6-4-13(18)5-7-15/h4-7,14,19H,3,8-11H2,1-2H3/t14-/m1/s1. The second-order valence-electron chi connectivity index (χ2n) is 5.76. The summed E-state index contributed by atoms with van der Waals surface area (Å²) in [5.41, 5.74) is 2.26. The Kier molecular flexibility index (Phi) is 4.74. The largest absolute Gasteiger partial charge is 0.370 e. The highest BCUT2D eigenvalue weighted by Crippen LogP contribution is 2.22. The van der Waals surface area contributed by atoms with Crippen LogP contribution in [0.25, 0.3) is 0 Å². The minimum Gasteiger partial charge on any atom is -0.370 e. The van der Waals surface area contributed by atoms with E-state index in [0.29, 0.717) is 6.04 Å². The molecule has 1 atom stereocenters. The summed E-state index contributed by atoms with van der Waals surface area (Å²) in [6, 6.07) is 7.26. The molecule has 1 aliphatic heterocycles. The summed E-state index contributed by atoms with van der Waals surface area (Å²) in [6.07, 6.45) is 2.13. The van der Waals surface area contributed by atoms with Crippen molar-refractivity contribution in [2.45, 2.75) is 39.3 Å². The molecule has 0 radical (unpaired) electrons. The van der Waals surface area contributed by atoms with Crippen LogP contribution in [-0.4, -0.2) is 24.1 Å². The van der Waals surface area contributed by atoms with E-state index >= 15 is 0 Å². The molecule has 1 N–H and O–H groups in total. The van der Waals surface area contributed by atoms with Gasteiger partial charge in [0.2, 0.25) is 0 Å². The molecule has 5 heteroatoms. The number of nitrogens with zero attached hydrogens (tertiary/aromatic N) is 2. The summed E-state index contributed by atoms with van der Waals surface area (Å²) < 4.78 is 13.0. The molecule has 118 valence electrons. The quantitative estimate of drug-likeness (QED) is 0.914. The third-order valence-corrected chi connectivity index (χ3v) is 5.47. The van der Waals surface area contributed by atoms with E-state index in [1.54, 1.807) is 0 Å². The molecule has 0 saturated carbocycles. The van der Waals surface area contributed by atoms with Crippen molar-refractivity contribution >= 4 is 17.0 Å². The Morgan fingerprint density at radius 1 is 1.36 bits per heavy atom. The average molecular weight is 319 g/mol. The lowest BCUT2D eigenvalue weighted by molar-refractivity contribution is 0.553. The number of benzene rings is 1. The van der Waals surface area contributed by atoms with Gasteiger partial charge in [-0.1, -0.05) is 6.92 Å². The minimum absolute atomic E-state index is 0.176. The van der Waals surface area contributed by atoms with Crippen LogP contribution < -0.4 is 10.2 Å². The number of thiazole rings is 1. The van der Waals surface area contributed by atoms with E-state index in [-0.39, 0.29) is 5.82 Å². The maximum atomic E-state index is 13.0. The monoisotopic (exact) mass is 319 g/mol. The van der Waals surface area contributed by atoms with Crippen molar-refractivity contribution in [3.8, 4) is 0 Å². The summed E-state index contributed by atoms with van der Waals surface area (Å²) in [4.78, 5) is 8.24. The predicted octanol–water partition coefficient (Wildman–Crippen LogP) is 3.52. The van der Waals surface area contributed by atoms with E-state index in [1.807, 2.05) is 23.5 Å². The number of hydrogen-bond donors (Lipinski definition) is 1. The summed E-state index contributed by atoms with van der Waals surface area (Å²) >= 11 is 1.81. The Labute approximate surface area is 135 Å². The van der Waals surface area contributed by atoms with Crippen molar-refractivity contribution in [1.82, 2.24) is 10.3 Å². The molecule has 2 aromatic rings. The Balaban J connectivity index is 1.54. The first-order valence-electron chi connectivity index (χ1n) is 7.84. The van der Waals surface area contributed by atoms with E-state index in [0.717, 1.165) is 43.9 Å². The second-order valence-corrected chi connectivity index (χ2v) is 6.93. The number of halogens is 1. The first-order chi connectivity index (χ1) is 10.7. The molecule has 1 aromatic carbocycles. The highest BCUT2D eigenvalue weighted by Gasteiger charge is 2.22. The van der Waals surface area contributed by atoms with Gasteiger partial charge in [0.1, 0.15) is 5.82 Å². The van der Waals surface area contributed by atoms with E-state index in [1.165, 1.54) is 22.0 Å². The van der Waals surface area contributed by atoms with Crippen LogP contribution in [0.1, 0.15) is 28.9 Å². The molecule has 1 saturated heterocycles. The molecule has 2 heterocycles. The number of rotatable bonds is 5. The van der Waals surface area contributed by atoms with E-state index in [4.69, 9.17) is 0 Å². The lowest BCUT2D eigenvalue weighted by Crippen LogP contribution is -2.32. The van der Waals surface area contributed by atoms with Gasteiger partial charge in [0, 0.05) is 36.2 Å². The van der Waals surface area contributed by atoms with E-state index in [9.17, 15) is 4.39 Å². The topological polar surface area (TPSA) is 28.2 Å². The first kappa shape index (κ1) is 15.4. The van der Waals surface area contributed by atoms with Crippen LogP contribution in [0.15, 0.2) is 24.3 Å². The van der Waals surface area contributed by atoms with Crippen molar-refractivity contribution in [3.63, 3.8) is 0 Å². The van der Waals surface area contributed by atoms with Gasteiger partial charge in [0.15, 0.2) is 0 Å².